The molecule has 186 valence electrons. The van der Waals surface area contributed by atoms with Crippen molar-refractivity contribution in [1.82, 2.24) is 9.55 Å². The van der Waals surface area contributed by atoms with Crippen LogP contribution in [0.3, 0.4) is 0 Å². The van der Waals surface area contributed by atoms with Crippen LogP contribution in [0.5, 0.6) is 0 Å². The zero-order chi connectivity index (χ0) is 25.8. The maximum Gasteiger partial charge on any atom is 0.430 e. The van der Waals surface area contributed by atoms with Crippen LogP contribution >= 0.6 is 0 Å². The van der Waals surface area contributed by atoms with E-state index in [1.54, 1.807) is 11.5 Å². The van der Waals surface area contributed by atoms with Crippen LogP contribution in [0.25, 0.3) is 10.9 Å². The van der Waals surface area contributed by atoms with Crippen molar-refractivity contribution in [3.8, 4) is 0 Å². The third-order valence-corrected chi connectivity index (χ3v) is 6.50. The van der Waals surface area contributed by atoms with Gasteiger partial charge >= 0.3 is 12.4 Å². The highest BCUT2D eigenvalue weighted by molar-refractivity contribution is 5.83. The van der Waals surface area contributed by atoms with E-state index < -0.39 is 29.1 Å². The first-order valence-electron chi connectivity index (χ1n) is 10.7. The van der Waals surface area contributed by atoms with Crippen molar-refractivity contribution in [2.24, 2.45) is 0 Å². The number of benzene rings is 2. The minimum absolute atomic E-state index is 0.105. The molecule has 0 amide bonds. The molecule has 4 aromatic rings. The molecule has 2 aromatic carbocycles. The van der Waals surface area contributed by atoms with Crippen LogP contribution < -0.4 is 0 Å². The first kappa shape index (κ1) is 24.8. The molecule has 2 aromatic heterocycles. The van der Waals surface area contributed by atoms with Crippen molar-refractivity contribution in [2.75, 3.05) is 0 Å². The van der Waals surface area contributed by atoms with E-state index in [2.05, 4.69) is 4.98 Å². The van der Waals surface area contributed by atoms with E-state index in [0.717, 1.165) is 29.7 Å². The lowest BCUT2D eigenvalue weighted by Gasteiger charge is -2.34. The Morgan fingerprint density at radius 2 is 1.63 bits per heavy atom. The largest absolute Gasteiger partial charge is 0.451 e. The van der Waals surface area contributed by atoms with Crippen LogP contribution in [0, 0.1) is 6.92 Å². The molecule has 2 heterocycles. The molecule has 0 spiro atoms. The lowest BCUT2D eigenvalue weighted by molar-refractivity contribution is -0.376. The molecule has 0 bridgehead atoms. The molecular weight excluding hydrogens is 474 g/mol. The smallest absolute Gasteiger partial charge is 0.430 e. The topological polar surface area (TPSA) is 51.2 Å². The van der Waals surface area contributed by atoms with Crippen LogP contribution in [0.15, 0.2) is 65.6 Å². The van der Waals surface area contributed by atoms with Crippen LogP contribution in [0.1, 0.15) is 41.9 Å². The van der Waals surface area contributed by atoms with E-state index in [1.807, 2.05) is 38.1 Å². The minimum Gasteiger partial charge on any atom is -0.451 e. The highest BCUT2D eigenvalue weighted by atomic mass is 19.4. The molecule has 10 heteroatoms. The summed E-state index contributed by atoms with van der Waals surface area (Å²) in [4.78, 5) is 4.32. The molecule has 1 unspecified atom stereocenters. The number of alkyl halides is 6. The van der Waals surface area contributed by atoms with Crippen LogP contribution in [0.2, 0.25) is 0 Å². The Bertz CT molecular complexity index is 1340. The van der Waals surface area contributed by atoms with Gasteiger partial charge in [0.1, 0.15) is 17.5 Å². The van der Waals surface area contributed by atoms with Gasteiger partial charge in [0, 0.05) is 22.2 Å². The molecule has 0 saturated heterocycles. The molecule has 4 nitrogen and oxygen atoms in total. The molecule has 1 N–H and O–H groups in total. The molecule has 0 fully saturated rings. The molecule has 0 saturated carbocycles. The Balaban J connectivity index is 2.00. The van der Waals surface area contributed by atoms with Crippen molar-refractivity contribution in [3.63, 3.8) is 0 Å². The number of aryl methyl sites for hydroxylation is 2. The molecular formula is C25H22F6N2O2. The average Bonchev–Trinajstić information content (AvgIpc) is 3.44. The molecule has 35 heavy (non-hydrogen) atoms. The van der Waals surface area contributed by atoms with Crippen LogP contribution in [-0.4, -0.2) is 27.0 Å². The molecule has 0 aliphatic heterocycles. The van der Waals surface area contributed by atoms with Gasteiger partial charge in [0.15, 0.2) is 6.39 Å². The lowest BCUT2D eigenvalue weighted by atomic mass is 9.86. The standard InChI is InChI=1S/C25H22F6N2O2/c1-4-16-6-5-7-18(11-16)22(3,21-13-35-14-32-21)33-15(2)10-17-12-19(8-9-20(17)33)23(34,24(26,27)28)25(29,30)31/h5-14,34H,4H2,1-3H3. The summed E-state index contributed by atoms with van der Waals surface area (Å²) in [6, 6.07) is 11.7. The summed E-state index contributed by atoms with van der Waals surface area (Å²) in [5.74, 6) is 0. The Morgan fingerprint density at radius 1 is 0.943 bits per heavy atom. The number of aliphatic hydroxyl groups is 1. The van der Waals surface area contributed by atoms with E-state index in [4.69, 9.17) is 4.42 Å². The zero-order valence-electron chi connectivity index (χ0n) is 19.0. The van der Waals surface area contributed by atoms with Gasteiger partial charge in [-0.25, -0.2) is 4.98 Å². The van der Waals surface area contributed by atoms with Crippen molar-refractivity contribution >= 4 is 10.9 Å². The summed E-state index contributed by atoms with van der Waals surface area (Å²) >= 11 is 0. The second kappa shape index (κ2) is 8.15. The number of rotatable bonds is 5. The summed E-state index contributed by atoms with van der Waals surface area (Å²) in [6.07, 6.45) is -8.48. The van der Waals surface area contributed by atoms with E-state index in [-0.39, 0.29) is 5.39 Å². The van der Waals surface area contributed by atoms with Crippen LogP contribution in [-0.2, 0) is 17.6 Å². The maximum atomic E-state index is 13.4. The van der Waals surface area contributed by atoms with Gasteiger partial charge < -0.3 is 14.1 Å². The fraction of sp³-hybridized carbons (Fsp3) is 0.320. The molecule has 4 rings (SSSR count). The summed E-state index contributed by atoms with van der Waals surface area (Å²) in [6.45, 7) is 5.54. The monoisotopic (exact) mass is 496 g/mol. The number of nitrogens with zero attached hydrogens (tertiary/aromatic N) is 2. The summed E-state index contributed by atoms with van der Waals surface area (Å²) in [5.41, 5.74) is -4.05. The Kier molecular flexibility index (Phi) is 5.78. The predicted octanol–water partition coefficient (Wildman–Crippen LogP) is 6.62. The van der Waals surface area contributed by atoms with E-state index in [0.29, 0.717) is 23.0 Å². The fourth-order valence-corrected chi connectivity index (χ4v) is 4.60. The van der Waals surface area contributed by atoms with Gasteiger partial charge in [-0.1, -0.05) is 37.3 Å². The molecule has 0 aliphatic carbocycles. The van der Waals surface area contributed by atoms with E-state index in [9.17, 15) is 31.4 Å². The SMILES string of the molecule is CCc1cccc(C(C)(c2cocn2)n2c(C)cc3cc(C(O)(C(F)(F)F)C(F)(F)F)ccc32)c1. The first-order valence-corrected chi connectivity index (χ1v) is 10.7. The number of oxazole rings is 1. The second-order valence-electron chi connectivity index (χ2n) is 8.60. The van der Waals surface area contributed by atoms with Gasteiger partial charge in [0.05, 0.1) is 0 Å². The third-order valence-electron chi connectivity index (χ3n) is 6.50. The van der Waals surface area contributed by atoms with E-state index in [1.165, 1.54) is 18.7 Å². The Hall–Kier alpha value is -3.27. The van der Waals surface area contributed by atoms with Crippen LogP contribution in [0.4, 0.5) is 26.3 Å². The van der Waals surface area contributed by atoms with Gasteiger partial charge in [-0.3, -0.25) is 0 Å². The fourth-order valence-electron chi connectivity index (χ4n) is 4.60. The summed E-state index contributed by atoms with van der Waals surface area (Å²) in [7, 11) is 0. The molecule has 1 atom stereocenters. The number of fused-ring (bicyclic) bond motifs is 1. The summed E-state index contributed by atoms with van der Waals surface area (Å²) in [5, 5.41) is 9.96. The Morgan fingerprint density at radius 3 is 2.20 bits per heavy atom. The van der Waals surface area contributed by atoms with Crippen molar-refractivity contribution < 1.29 is 35.9 Å². The van der Waals surface area contributed by atoms with Gasteiger partial charge in [0.25, 0.3) is 5.60 Å². The van der Waals surface area contributed by atoms with E-state index >= 15 is 0 Å². The van der Waals surface area contributed by atoms with Crippen molar-refractivity contribution in [2.45, 2.75) is 50.7 Å². The maximum absolute atomic E-state index is 13.4. The lowest BCUT2D eigenvalue weighted by Crippen LogP contribution is -2.53. The highest BCUT2D eigenvalue weighted by Gasteiger charge is 2.71. The quantitative estimate of drug-likeness (QED) is 0.316. The highest BCUT2D eigenvalue weighted by Crippen LogP contribution is 2.50. The number of aromatic nitrogens is 2. The first-order chi connectivity index (χ1) is 16.2. The number of halogens is 6. The van der Waals surface area contributed by atoms with Gasteiger partial charge in [0.2, 0.25) is 0 Å². The second-order valence-corrected chi connectivity index (χ2v) is 8.60. The van der Waals surface area contributed by atoms with Crippen molar-refractivity contribution in [1.29, 1.82) is 0 Å². The average molecular weight is 496 g/mol. The number of hydrogen-bond donors (Lipinski definition) is 1. The molecule has 0 aliphatic rings. The summed E-state index contributed by atoms with van der Waals surface area (Å²) < 4.78 is 87.7. The zero-order valence-corrected chi connectivity index (χ0v) is 19.0. The minimum atomic E-state index is -5.97. The predicted molar refractivity (Wildman–Crippen MR) is 117 cm³/mol. The molecule has 0 radical (unpaired) electrons. The normalized spacial score (nSPS) is 14.9. The van der Waals surface area contributed by atoms with Gasteiger partial charge in [-0.05, 0) is 49.6 Å². The van der Waals surface area contributed by atoms with Gasteiger partial charge in [-0.15, -0.1) is 0 Å². The number of hydrogen-bond acceptors (Lipinski definition) is 3. The van der Waals surface area contributed by atoms with Gasteiger partial charge in [-0.2, -0.15) is 26.3 Å². The Labute approximate surface area is 196 Å². The van der Waals surface area contributed by atoms with Crippen molar-refractivity contribution in [3.05, 3.63) is 89.3 Å². The third kappa shape index (κ3) is 3.71.